The lowest BCUT2D eigenvalue weighted by Crippen LogP contribution is -2.44. The third-order valence-corrected chi connectivity index (χ3v) is 5.66. The molecule has 0 atom stereocenters. The van der Waals surface area contributed by atoms with Gasteiger partial charge in [0.1, 0.15) is 0 Å². The van der Waals surface area contributed by atoms with E-state index in [0.29, 0.717) is 18.7 Å². The first-order valence-corrected chi connectivity index (χ1v) is 8.90. The van der Waals surface area contributed by atoms with E-state index in [0.717, 1.165) is 24.8 Å². The maximum absolute atomic E-state index is 12.4. The number of Topliss-reactive ketones (excluding diaryl/α,β-unsaturated/α-hetero) is 1. The monoisotopic (exact) mass is 331 g/mol. The Kier molecular flexibility index (Phi) is 6.16. The molecule has 0 unspecified atom stereocenters. The van der Waals surface area contributed by atoms with Gasteiger partial charge in [0, 0.05) is 38.1 Å². The number of carbonyl (C=O) groups is 2. The Labute approximate surface area is 144 Å². The molecule has 1 aromatic carbocycles. The lowest BCUT2D eigenvalue weighted by atomic mass is 9.77. The number of aliphatic hydroxyl groups excluding tert-OH is 1. The van der Waals surface area contributed by atoms with Crippen molar-refractivity contribution in [2.75, 3.05) is 19.7 Å². The number of hydrogen-bond donors (Lipinski definition) is 1. The molecule has 1 aliphatic rings. The van der Waals surface area contributed by atoms with Crippen molar-refractivity contribution < 1.29 is 14.7 Å². The van der Waals surface area contributed by atoms with Crippen LogP contribution < -0.4 is 0 Å². The number of benzene rings is 1. The Morgan fingerprint density at radius 2 is 1.79 bits per heavy atom. The van der Waals surface area contributed by atoms with Crippen LogP contribution in [0.25, 0.3) is 0 Å². The molecule has 4 nitrogen and oxygen atoms in total. The Bertz CT molecular complexity index is 595. The summed E-state index contributed by atoms with van der Waals surface area (Å²) in [5, 5.41) is 9.56. The van der Waals surface area contributed by atoms with Crippen LogP contribution in [0.1, 0.15) is 60.5 Å². The van der Waals surface area contributed by atoms with Crippen molar-refractivity contribution in [2.45, 2.75) is 52.9 Å². The fraction of sp³-hybridized carbons (Fsp3) is 0.600. The number of amides is 1. The molecule has 4 heteroatoms. The number of nitrogens with zero attached hydrogens (tertiary/aromatic N) is 1. The second kappa shape index (κ2) is 7.93. The van der Waals surface area contributed by atoms with Crippen molar-refractivity contribution in [3.8, 4) is 0 Å². The lowest BCUT2D eigenvalue weighted by molar-refractivity contribution is -0.134. The quantitative estimate of drug-likeness (QED) is 0.814. The van der Waals surface area contributed by atoms with Crippen LogP contribution in [0.2, 0.25) is 0 Å². The number of carbonyl (C=O) groups excluding carboxylic acids is 2. The first-order valence-electron chi connectivity index (χ1n) is 8.90. The molecule has 132 valence electrons. The number of hydrogen-bond acceptors (Lipinski definition) is 3. The topological polar surface area (TPSA) is 57.6 Å². The molecule has 0 radical (unpaired) electrons. The van der Waals surface area contributed by atoms with Crippen molar-refractivity contribution in [3.63, 3.8) is 0 Å². The Balaban J connectivity index is 1.85. The van der Waals surface area contributed by atoms with Crippen molar-refractivity contribution in [1.29, 1.82) is 0 Å². The number of aryl methyl sites for hydroxylation is 2. The predicted octanol–water partition coefficient (Wildman–Crippen LogP) is 3.28. The zero-order valence-corrected chi connectivity index (χ0v) is 15.1. The molecule has 0 spiro atoms. The van der Waals surface area contributed by atoms with Crippen LogP contribution in [-0.2, 0) is 4.79 Å². The van der Waals surface area contributed by atoms with Gasteiger partial charge in [0.05, 0.1) is 0 Å². The van der Waals surface area contributed by atoms with Gasteiger partial charge < -0.3 is 10.0 Å². The van der Waals surface area contributed by atoms with E-state index in [4.69, 9.17) is 0 Å². The van der Waals surface area contributed by atoms with E-state index in [9.17, 15) is 14.7 Å². The van der Waals surface area contributed by atoms with Crippen LogP contribution >= 0.6 is 0 Å². The molecule has 1 aromatic rings. The standard InChI is InChI=1S/C20H29NO3/c1-4-20(14-22)9-11-21(12-10-20)19(24)8-7-18(23)17-6-5-15(2)16(3)13-17/h5-6,13,22H,4,7-12,14H2,1-3H3. The smallest absolute Gasteiger partial charge is 0.223 e. The fourth-order valence-corrected chi connectivity index (χ4v) is 3.29. The summed E-state index contributed by atoms with van der Waals surface area (Å²) in [7, 11) is 0. The zero-order chi connectivity index (χ0) is 17.7. The van der Waals surface area contributed by atoms with E-state index in [1.165, 1.54) is 5.56 Å². The summed E-state index contributed by atoms with van der Waals surface area (Å²) < 4.78 is 0. The molecule has 1 saturated heterocycles. The molecular formula is C20H29NO3. The number of likely N-dealkylation sites (tertiary alicyclic amines) is 1. The van der Waals surface area contributed by atoms with Crippen LogP contribution in [0.3, 0.4) is 0 Å². The fourth-order valence-electron chi connectivity index (χ4n) is 3.29. The minimum atomic E-state index is -0.0218. The predicted molar refractivity (Wildman–Crippen MR) is 95.1 cm³/mol. The van der Waals surface area contributed by atoms with Crippen LogP contribution in [-0.4, -0.2) is 41.4 Å². The Morgan fingerprint density at radius 3 is 2.33 bits per heavy atom. The number of ketones is 1. The molecule has 1 aliphatic heterocycles. The molecule has 2 rings (SSSR count). The van der Waals surface area contributed by atoms with E-state index < -0.39 is 0 Å². The van der Waals surface area contributed by atoms with Crippen molar-refractivity contribution in [2.24, 2.45) is 5.41 Å². The minimum Gasteiger partial charge on any atom is -0.396 e. The summed E-state index contributed by atoms with van der Waals surface area (Å²) in [4.78, 5) is 26.5. The summed E-state index contributed by atoms with van der Waals surface area (Å²) in [6, 6.07) is 5.70. The summed E-state index contributed by atoms with van der Waals surface area (Å²) in [5.74, 6) is 0.0801. The maximum atomic E-state index is 12.4. The van der Waals surface area contributed by atoms with E-state index >= 15 is 0 Å². The molecule has 1 heterocycles. The molecular weight excluding hydrogens is 302 g/mol. The second-order valence-electron chi connectivity index (χ2n) is 7.11. The summed E-state index contributed by atoms with van der Waals surface area (Å²) in [5.41, 5.74) is 2.93. The van der Waals surface area contributed by atoms with E-state index in [-0.39, 0.29) is 36.6 Å². The van der Waals surface area contributed by atoms with Crippen LogP contribution in [0, 0.1) is 19.3 Å². The molecule has 24 heavy (non-hydrogen) atoms. The van der Waals surface area contributed by atoms with Gasteiger partial charge in [-0.3, -0.25) is 9.59 Å². The normalized spacial score (nSPS) is 16.9. The van der Waals surface area contributed by atoms with Gasteiger partial charge in [-0.2, -0.15) is 0 Å². The third kappa shape index (κ3) is 4.23. The summed E-state index contributed by atoms with van der Waals surface area (Å²) in [6.07, 6.45) is 3.16. The Morgan fingerprint density at radius 1 is 1.12 bits per heavy atom. The van der Waals surface area contributed by atoms with Crippen LogP contribution in [0.15, 0.2) is 18.2 Å². The first kappa shape index (κ1) is 18.7. The van der Waals surface area contributed by atoms with Crippen molar-refractivity contribution in [3.05, 3.63) is 34.9 Å². The van der Waals surface area contributed by atoms with Gasteiger partial charge in [-0.1, -0.05) is 19.1 Å². The average molecular weight is 331 g/mol. The number of rotatable bonds is 6. The molecule has 0 aliphatic carbocycles. The number of aliphatic hydroxyl groups is 1. The lowest BCUT2D eigenvalue weighted by Gasteiger charge is -2.40. The van der Waals surface area contributed by atoms with Gasteiger partial charge in [-0.25, -0.2) is 0 Å². The SMILES string of the molecule is CCC1(CO)CCN(C(=O)CCC(=O)c2ccc(C)c(C)c2)CC1. The molecule has 1 N–H and O–H groups in total. The van der Waals surface area contributed by atoms with Crippen molar-refractivity contribution in [1.82, 2.24) is 4.90 Å². The van der Waals surface area contributed by atoms with Gasteiger partial charge in [0.25, 0.3) is 0 Å². The average Bonchev–Trinajstić information content (AvgIpc) is 2.61. The summed E-state index contributed by atoms with van der Waals surface area (Å²) in [6.45, 7) is 7.67. The summed E-state index contributed by atoms with van der Waals surface area (Å²) >= 11 is 0. The van der Waals surface area contributed by atoms with Crippen molar-refractivity contribution >= 4 is 11.7 Å². The highest BCUT2D eigenvalue weighted by Gasteiger charge is 2.33. The first-order chi connectivity index (χ1) is 11.4. The van der Waals surface area contributed by atoms with E-state index in [1.54, 1.807) is 0 Å². The van der Waals surface area contributed by atoms with Gasteiger partial charge >= 0.3 is 0 Å². The van der Waals surface area contributed by atoms with E-state index in [1.807, 2.05) is 36.9 Å². The molecule has 0 bridgehead atoms. The highest BCUT2D eigenvalue weighted by atomic mass is 16.3. The largest absolute Gasteiger partial charge is 0.396 e. The zero-order valence-electron chi connectivity index (χ0n) is 15.1. The van der Waals surface area contributed by atoms with Gasteiger partial charge in [0.2, 0.25) is 5.91 Å². The molecule has 0 saturated carbocycles. The molecule has 0 aromatic heterocycles. The number of piperidine rings is 1. The van der Waals surface area contributed by atoms with Gasteiger partial charge in [-0.05, 0) is 55.7 Å². The molecule has 1 fully saturated rings. The maximum Gasteiger partial charge on any atom is 0.223 e. The van der Waals surface area contributed by atoms with Crippen LogP contribution in [0.4, 0.5) is 0 Å². The highest BCUT2D eigenvalue weighted by Crippen LogP contribution is 2.34. The van der Waals surface area contributed by atoms with Gasteiger partial charge in [0.15, 0.2) is 5.78 Å². The van der Waals surface area contributed by atoms with Crippen LogP contribution in [0.5, 0.6) is 0 Å². The molecule has 1 amide bonds. The van der Waals surface area contributed by atoms with E-state index in [2.05, 4.69) is 6.92 Å². The third-order valence-electron chi connectivity index (χ3n) is 5.66. The highest BCUT2D eigenvalue weighted by molar-refractivity contribution is 5.98. The minimum absolute atomic E-state index is 0.0218. The van der Waals surface area contributed by atoms with Gasteiger partial charge in [-0.15, -0.1) is 0 Å². The second-order valence-corrected chi connectivity index (χ2v) is 7.11. The Hall–Kier alpha value is -1.68.